The van der Waals surface area contributed by atoms with Crippen LogP contribution in [0.5, 0.6) is 0 Å². The summed E-state index contributed by atoms with van der Waals surface area (Å²) in [5.41, 5.74) is 2.48. The lowest BCUT2D eigenvalue weighted by Gasteiger charge is -2.22. The Morgan fingerprint density at radius 2 is 2.03 bits per heavy atom. The molecule has 10 heteroatoms. The number of halogens is 3. The molecular formula is C21H19F3N6O. The number of nitrogens with one attached hydrogen (secondary N) is 1. The molecule has 1 aliphatic carbocycles. The Labute approximate surface area is 175 Å². The van der Waals surface area contributed by atoms with Gasteiger partial charge in [-0.2, -0.15) is 23.4 Å². The molecule has 31 heavy (non-hydrogen) atoms. The standard InChI is InChI=1S/C21H19F3N6O/c1-28-18(11-19(27-28)21(22,23)24)20(31)25-16-5-2-6-17-15(16)12-30(26-17)14-7-9-29-8-3-4-13(29)10-14/h3-4,7-12,16H,2,5-6H2,1H3,(H,25,31). The summed E-state index contributed by atoms with van der Waals surface area (Å²) in [6.45, 7) is 0. The number of fused-ring (bicyclic) bond motifs is 2. The summed E-state index contributed by atoms with van der Waals surface area (Å²) < 4.78 is 43.5. The summed E-state index contributed by atoms with van der Waals surface area (Å²) in [5, 5.41) is 11.0. The summed E-state index contributed by atoms with van der Waals surface area (Å²) in [6, 6.07) is 8.37. The molecule has 1 aliphatic rings. The minimum absolute atomic E-state index is 0.134. The van der Waals surface area contributed by atoms with E-state index >= 15 is 0 Å². The molecule has 1 N–H and O–H groups in total. The van der Waals surface area contributed by atoms with Crippen molar-refractivity contribution in [1.82, 2.24) is 29.3 Å². The maximum atomic E-state index is 12.9. The van der Waals surface area contributed by atoms with E-state index in [4.69, 9.17) is 0 Å². The second-order valence-electron chi connectivity index (χ2n) is 7.66. The van der Waals surface area contributed by atoms with Crippen molar-refractivity contribution >= 4 is 11.4 Å². The van der Waals surface area contributed by atoms with Gasteiger partial charge in [-0.15, -0.1) is 0 Å². The lowest BCUT2D eigenvalue weighted by molar-refractivity contribution is -0.141. The number of rotatable bonds is 3. The van der Waals surface area contributed by atoms with Crippen molar-refractivity contribution in [1.29, 1.82) is 0 Å². The molecule has 4 heterocycles. The third kappa shape index (κ3) is 3.47. The molecule has 1 unspecified atom stereocenters. The van der Waals surface area contributed by atoms with Crippen molar-refractivity contribution < 1.29 is 18.0 Å². The summed E-state index contributed by atoms with van der Waals surface area (Å²) in [5.74, 6) is -0.592. The molecule has 1 amide bonds. The Bertz CT molecular complexity index is 1280. The van der Waals surface area contributed by atoms with Crippen molar-refractivity contribution in [2.45, 2.75) is 31.5 Å². The number of alkyl halides is 3. The van der Waals surface area contributed by atoms with Gasteiger partial charge in [0.05, 0.1) is 17.4 Å². The predicted molar refractivity (Wildman–Crippen MR) is 106 cm³/mol. The van der Waals surface area contributed by atoms with Gasteiger partial charge in [0.25, 0.3) is 5.91 Å². The van der Waals surface area contributed by atoms with Gasteiger partial charge < -0.3 is 9.72 Å². The van der Waals surface area contributed by atoms with Crippen LogP contribution in [0.3, 0.4) is 0 Å². The first-order valence-corrected chi connectivity index (χ1v) is 9.87. The van der Waals surface area contributed by atoms with E-state index in [-0.39, 0.29) is 11.7 Å². The molecule has 5 rings (SSSR count). The molecule has 1 atom stereocenters. The van der Waals surface area contributed by atoms with Crippen LogP contribution in [-0.4, -0.2) is 29.9 Å². The summed E-state index contributed by atoms with van der Waals surface area (Å²) in [7, 11) is 1.33. The van der Waals surface area contributed by atoms with Gasteiger partial charge in [0, 0.05) is 42.8 Å². The molecule has 160 valence electrons. The van der Waals surface area contributed by atoms with Crippen LogP contribution >= 0.6 is 0 Å². The Balaban J connectivity index is 1.42. The second kappa shape index (κ2) is 7.00. The van der Waals surface area contributed by atoms with E-state index < -0.39 is 17.8 Å². The van der Waals surface area contributed by atoms with E-state index in [9.17, 15) is 18.0 Å². The topological polar surface area (TPSA) is 69.2 Å². The van der Waals surface area contributed by atoms with E-state index in [0.717, 1.165) is 46.1 Å². The first-order chi connectivity index (χ1) is 14.8. The molecule has 0 fully saturated rings. The summed E-state index contributed by atoms with van der Waals surface area (Å²) in [6.07, 6.45) is 3.49. The number of carbonyl (C=O) groups excluding carboxylic acids is 1. The van der Waals surface area contributed by atoms with Crippen LogP contribution in [0.1, 0.15) is 46.3 Å². The largest absolute Gasteiger partial charge is 0.435 e. The average Bonchev–Trinajstić information content (AvgIpc) is 3.44. The highest BCUT2D eigenvalue weighted by atomic mass is 19.4. The SMILES string of the molecule is Cn1nc(C(F)(F)F)cc1C(=O)NC1CCCc2nn(-c3ccn4cccc4c3)cc21. The van der Waals surface area contributed by atoms with Crippen molar-refractivity contribution in [3.8, 4) is 5.69 Å². The van der Waals surface area contributed by atoms with Gasteiger partial charge in [0.1, 0.15) is 5.69 Å². The predicted octanol–water partition coefficient (Wildman–Crippen LogP) is 3.68. The molecule has 4 aromatic rings. The monoisotopic (exact) mass is 428 g/mol. The van der Waals surface area contributed by atoms with Crippen LogP contribution in [0, 0.1) is 0 Å². The third-order valence-corrected chi connectivity index (χ3v) is 5.59. The molecule has 0 aromatic carbocycles. The maximum Gasteiger partial charge on any atom is 0.435 e. The number of aryl methyl sites for hydroxylation is 2. The molecule has 0 radical (unpaired) electrons. The zero-order valence-electron chi connectivity index (χ0n) is 16.6. The van der Waals surface area contributed by atoms with Gasteiger partial charge in [-0.1, -0.05) is 0 Å². The highest BCUT2D eigenvalue weighted by molar-refractivity contribution is 5.93. The van der Waals surface area contributed by atoms with Gasteiger partial charge in [0.15, 0.2) is 5.69 Å². The Hall–Kier alpha value is -3.56. The van der Waals surface area contributed by atoms with Crippen molar-refractivity contribution in [2.24, 2.45) is 7.05 Å². The van der Waals surface area contributed by atoms with Crippen LogP contribution in [0.4, 0.5) is 13.2 Å². The van der Waals surface area contributed by atoms with Crippen molar-refractivity contribution in [2.75, 3.05) is 0 Å². The van der Waals surface area contributed by atoms with Gasteiger partial charge >= 0.3 is 6.18 Å². The van der Waals surface area contributed by atoms with E-state index in [1.165, 1.54) is 7.05 Å². The molecule has 0 bridgehead atoms. The fraction of sp³-hybridized carbons (Fsp3) is 0.286. The number of amides is 1. The lowest BCUT2D eigenvalue weighted by Crippen LogP contribution is -2.31. The van der Waals surface area contributed by atoms with Crippen molar-refractivity contribution in [3.63, 3.8) is 0 Å². The molecule has 0 aliphatic heterocycles. The summed E-state index contributed by atoms with van der Waals surface area (Å²) >= 11 is 0. The molecule has 0 saturated carbocycles. The molecule has 7 nitrogen and oxygen atoms in total. The molecular weight excluding hydrogens is 409 g/mol. The van der Waals surface area contributed by atoms with E-state index in [2.05, 4.69) is 15.5 Å². The van der Waals surface area contributed by atoms with Gasteiger partial charge in [-0.05, 0) is 43.5 Å². The average molecular weight is 428 g/mol. The van der Waals surface area contributed by atoms with Crippen LogP contribution in [-0.2, 0) is 19.6 Å². The van der Waals surface area contributed by atoms with E-state index in [1.807, 2.05) is 47.3 Å². The van der Waals surface area contributed by atoms with Crippen molar-refractivity contribution in [3.05, 3.63) is 71.6 Å². The Morgan fingerprint density at radius 1 is 1.19 bits per heavy atom. The normalized spacial score (nSPS) is 16.5. The fourth-order valence-corrected chi connectivity index (χ4v) is 4.03. The Morgan fingerprint density at radius 3 is 2.81 bits per heavy atom. The van der Waals surface area contributed by atoms with Crippen LogP contribution < -0.4 is 5.32 Å². The second-order valence-corrected chi connectivity index (χ2v) is 7.66. The quantitative estimate of drug-likeness (QED) is 0.541. The number of aromatic nitrogens is 5. The first-order valence-electron chi connectivity index (χ1n) is 9.87. The number of hydrogen-bond acceptors (Lipinski definition) is 3. The van der Waals surface area contributed by atoms with E-state index in [1.54, 1.807) is 4.68 Å². The number of nitrogens with zero attached hydrogens (tertiary/aromatic N) is 5. The van der Waals surface area contributed by atoms with E-state index in [0.29, 0.717) is 6.42 Å². The minimum atomic E-state index is -4.60. The van der Waals surface area contributed by atoms with Gasteiger partial charge in [-0.3, -0.25) is 9.48 Å². The molecule has 4 aromatic heterocycles. The minimum Gasteiger partial charge on any atom is -0.344 e. The fourth-order valence-electron chi connectivity index (χ4n) is 4.03. The van der Waals surface area contributed by atoms with Crippen LogP contribution in [0.25, 0.3) is 11.2 Å². The van der Waals surface area contributed by atoms with Gasteiger partial charge in [0.2, 0.25) is 0 Å². The molecule has 0 saturated heterocycles. The maximum absolute atomic E-state index is 12.9. The highest BCUT2D eigenvalue weighted by Crippen LogP contribution is 2.31. The number of carbonyl (C=O) groups is 1. The van der Waals surface area contributed by atoms with Gasteiger partial charge in [-0.25, -0.2) is 4.68 Å². The lowest BCUT2D eigenvalue weighted by atomic mass is 9.93. The number of hydrogen-bond donors (Lipinski definition) is 1. The number of pyridine rings is 1. The highest BCUT2D eigenvalue weighted by Gasteiger charge is 2.36. The Kier molecular flexibility index (Phi) is 4.38. The van der Waals surface area contributed by atoms with Crippen LogP contribution in [0.2, 0.25) is 0 Å². The third-order valence-electron chi connectivity index (χ3n) is 5.59. The first kappa shape index (κ1) is 19.4. The smallest absolute Gasteiger partial charge is 0.344 e. The molecule has 0 spiro atoms. The summed E-state index contributed by atoms with van der Waals surface area (Å²) in [4.78, 5) is 12.7. The zero-order chi connectivity index (χ0) is 21.8. The zero-order valence-corrected chi connectivity index (χ0v) is 16.6. The van der Waals surface area contributed by atoms with Crippen LogP contribution in [0.15, 0.2) is 48.9 Å².